The van der Waals surface area contributed by atoms with Crippen molar-refractivity contribution in [2.24, 2.45) is 11.8 Å². The van der Waals surface area contributed by atoms with Gasteiger partial charge in [0.05, 0.1) is 12.0 Å². The van der Waals surface area contributed by atoms with Crippen molar-refractivity contribution in [3.05, 3.63) is 0 Å². The third-order valence-corrected chi connectivity index (χ3v) is 4.74. The van der Waals surface area contributed by atoms with Crippen LogP contribution in [-0.4, -0.2) is 28.7 Å². The number of nitrogens with one attached hydrogen (secondary N) is 2. The number of hydrogen-bond donors (Lipinski definition) is 3. The van der Waals surface area contributed by atoms with E-state index in [1.165, 1.54) is 25.7 Å². The molecule has 3 aliphatic rings. The molecule has 0 aromatic heterocycles. The highest BCUT2D eigenvalue weighted by Gasteiger charge is 2.44. The van der Waals surface area contributed by atoms with E-state index in [1.54, 1.807) is 0 Å². The predicted octanol–water partition coefficient (Wildman–Crippen LogP) is 1.87. The molecule has 2 amide bonds. The molecule has 0 radical (unpaired) electrons. The van der Waals surface area contributed by atoms with Crippen molar-refractivity contribution in [1.82, 2.24) is 10.6 Å². The minimum Gasteiger partial charge on any atom is -0.481 e. The van der Waals surface area contributed by atoms with Crippen molar-refractivity contribution in [2.75, 3.05) is 0 Å². The van der Waals surface area contributed by atoms with Crippen LogP contribution in [-0.2, 0) is 4.79 Å². The van der Waals surface area contributed by atoms with Crippen molar-refractivity contribution in [3.63, 3.8) is 0 Å². The number of rotatable bonds is 6. The van der Waals surface area contributed by atoms with Gasteiger partial charge in [-0.1, -0.05) is 0 Å². The molecule has 0 saturated heterocycles. The van der Waals surface area contributed by atoms with Gasteiger partial charge in [0.25, 0.3) is 0 Å². The van der Waals surface area contributed by atoms with Crippen molar-refractivity contribution in [3.8, 4) is 0 Å². The molecule has 3 saturated carbocycles. The normalized spacial score (nSPS) is 24.7. The molecule has 0 aromatic rings. The fourth-order valence-electron chi connectivity index (χ4n) is 3.20. The highest BCUT2D eigenvalue weighted by atomic mass is 16.4. The van der Waals surface area contributed by atoms with Gasteiger partial charge in [-0.15, -0.1) is 0 Å². The first-order valence-corrected chi connectivity index (χ1v) is 7.38. The van der Waals surface area contributed by atoms with Gasteiger partial charge in [-0.3, -0.25) is 4.79 Å². The molecule has 0 heterocycles. The third-order valence-electron chi connectivity index (χ3n) is 4.74. The number of carbonyl (C=O) groups excluding carboxylic acids is 1. The minimum absolute atomic E-state index is 0.0396. The fourth-order valence-corrected chi connectivity index (χ4v) is 3.20. The van der Waals surface area contributed by atoms with E-state index in [-0.39, 0.29) is 12.5 Å². The monoisotopic (exact) mass is 266 g/mol. The maximum atomic E-state index is 12.1. The van der Waals surface area contributed by atoms with Gasteiger partial charge < -0.3 is 15.7 Å². The quantitative estimate of drug-likeness (QED) is 0.686. The standard InChI is InChI=1S/C14H22N2O3/c17-11(18)8-14(6-1-7-14)16-13(19)15-12(9-2-3-9)10-4-5-10/h9-10,12H,1-8H2,(H,17,18)(H2,15,16,19). The Balaban J connectivity index is 1.53. The van der Waals surface area contributed by atoms with Crippen molar-refractivity contribution in [1.29, 1.82) is 0 Å². The zero-order valence-electron chi connectivity index (χ0n) is 11.2. The molecule has 0 aromatic carbocycles. The largest absolute Gasteiger partial charge is 0.481 e. The second-order valence-electron chi connectivity index (χ2n) is 6.50. The Labute approximate surface area is 113 Å². The first-order valence-electron chi connectivity index (χ1n) is 7.38. The molecule has 0 spiro atoms. The van der Waals surface area contributed by atoms with E-state index in [0.29, 0.717) is 17.9 Å². The van der Waals surface area contributed by atoms with E-state index in [9.17, 15) is 9.59 Å². The molecule has 3 N–H and O–H groups in total. The molecule has 3 fully saturated rings. The number of carboxylic acid groups (broad SMARTS) is 1. The third kappa shape index (κ3) is 3.01. The van der Waals surface area contributed by atoms with E-state index >= 15 is 0 Å². The van der Waals surface area contributed by atoms with Crippen LogP contribution in [0.2, 0.25) is 0 Å². The Kier molecular flexibility index (Phi) is 3.15. The Morgan fingerprint density at radius 2 is 1.74 bits per heavy atom. The van der Waals surface area contributed by atoms with Gasteiger partial charge in [0.1, 0.15) is 0 Å². The maximum absolute atomic E-state index is 12.1. The van der Waals surface area contributed by atoms with E-state index in [1.807, 2.05) is 0 Å². The lowest BCUT2D eigenvalue weighted by atomic mass is 9.74. The second kappa shape index (κ2) is 4.69. The summed E-state index contributed by atoms with van der Waals surface area (Å²) in [5.41, 5.74) is -0.492. The molecule has 5 heteroatoms. The summed E-state index contributed by atoms with van der Waals surface area (Å²) in [6.45, 7) is 0. The number of hydrogen-bond acceptors (Lipinski definition) is 2. The first-order chi connectivity index (χ1) is 9.08. The summed E-state index contributed by atoms with van der Waals surface area (Å²) in [6.07, 6.45) is 7.50. The molecule has 106 valence electrons. The molecular formula is C14H22N2O3. The number of aliphatic carboxylic acids is 1. The Morgan fingerprint density at radius 1 is 1.16 bits per heavy atom. The number of carbonyl (C=O) groups is 2. The van der Waals surface area contributed by atoms with Gasteiger partial charge in [0.2, 0.25) is 0 Å². The van der Waals surface area contributed by atoms with Crippen LogP contribution < -0.4 is 10.6 Å². The Morgan fingerprint density at radius 3 is 2.11 bits per heavy atom. The van der Waals surface area contributed by atoms with Gasteiger partial charge in [0.15, 0.2) is 0 Å². The van der Waals surface area contributed by atoms with Crippen LogP contribution in [0.1, 0.15) is 51.4 Å². The van der Waals surface area contributed by atoms with Crippen molar-refractivity contribution >= 4 is 12.0 Å². The Hall–Kier alpha value is -1.26. The van der Waals surface area contributed by atoms with Crippen LogP contribution in [0, 0.1) is 11.8 Å². The average Bonchev–Trinajstić information content (AvgIpc) is 3.12. The zero-order chi connectivity index (χ0) is 13.5. The summed E-state index contributed by atoms with van der Waals surface area (Å²) in [7, 11) is 0. The van der Waals surface area contributed by atoms with Crippen LogP contribution in [0.4, 0.5) is 4.79 Å². The van der Waals surface area contributed by atoms with E-state index in [0.717, 1.165) is 19.3 Å². The summed E-state index contributed by atoms with van der Waals surface area (Å²) in [4.78, 5) is 23.0. The van der Waals surface area contributed by atoms with Gasteiger partial charge in [-0.05, 0) is 56.8 Å². The lowest BCUT2D eigenvalue weighted by Crippen LogP contribution is -2.58. The zero-order valence-corrected chi connectivity index (χ0v) is 11.2. The summed E-state index contributed by atoms with van der Waals surface area (Å²) in [6, 6.07) is 0.159. The highest BCUT2D eigenvalue weighted by molar-refractivity contribution is 5.77. The molecule has 19 heavy (non-hydrogen) atoms. The lowest BCUT2D eigenvalue weighted by Gasteiger charge is -2.41. The number of amides is 2. The van der Waals surface area contributed by atoms with Gasteiger partial charge in [-0.2, -0.15) is 0 Å². The van der Waals surface area contributed by atoms with Crippen molar-refractivity contribution < 1.29 is 14.7 Å². The topological polar surface area (TPSA) is 78.4 Å². The SMILES string of the molecule is O=C(O)CC1(NC(=O)NC(C2CC2)C2CC2)CCC1. The molecule has 0 unspecified atom stereocenters. The fraction of sp³-hybridized carbons (Fsp3) is 0.857. The molecule has 3 rings (SSSR count). The molecule has 0 bridgehead atoms. The Bertz CT molecular complexity index is 372. The van der Waals surface area contributed by atoms with Crippen LogP contribution in [0.25, 0.3) is 0 Å². The van der Waals surface area contributed by atoms with Crippen molar-refractivity contribution in [2.45, 2.75) is 62.9 Å². The molecule has 0 atom stereocenters. The average molecular weight is 266 g/mol. The maximum Gasteiger partial charge on any atom is 0.315 e. The van der Waals surface area contributed by atoms with Crippen LogP contribution in [0.3, 0.4) is 0 Å². The predicted molar refractivity (Wildman–Crippen MR) is 69.7 cm³/mol. The molecule has 3 aliphatic carbocycles. The van der Waals surface area contributed by atoms with E-state index < -0.39 is 11.5 Å². The van der Waals surface area contributed by atoms with E-state index in [2.05, 4.69) is 10.6 Å². The van der Waals surface area contributed by atoms with E-state index in [4.69, 9.17) is 5.11 Å². The summed E-state index contributed by atoms with van der Waals surface area (Å²) < 4.78 is 0. The molecule has 0 aliphatic heterocycles. The summed E-state index contributed by atoms with van der Waals surface area (Å²) in [5, 5.41) is 15.0. The van der Waals surface area contributed by atoms with Crippen LogP contribution in [0.5, 0.6) is 0 Å². The highest BCUT2D eigenvalue weighted by Crippen LogP contribution is 2.44. The second-order valence-corrected chi connectivity index (χ2v) is 6.50. The summed E-state index contributed by atoms with van der Waals surface area (Å²) >= 11 is 0. The van der Waals surface area contributed by atoms with Gasteiger partial charge >= 0.3 is 12.0 Å². The lowest BCUT2D eigenvalue weighted by molar-refractivity contribution is -0.139. The number of carboxylic acids is 1. The number of urea groups is 1. The van der Waals surface area contributed by atoms with Gasteiger partial charge in [0, 0.05) is 6.04 Å². The molecular weight excluding hydrogens is 244 g/mol. The first kappa shape index (κ1) is 12.8. The summed E-state index contributed by atoms with van der Waals surface area (Å²) in [5.74, 6) is 0.492. The molecule has 5 nitrogen and oxygen atoms in total. The smallest absolute Gasteiger partial charge is 0.315 e. The minimum atomic E-state index is -0.832. The van der Waals surface area contributed by atoms with Crippen LogP contribution >= 0.6 is 0 Å². The van der Waals surface area contributed by atoms with Gasteiger partial charge in [-0.25, -0.2) is 4.79 Å². The van der Waals surface area contributed by atoms with Crippen LogP contribution in [0.15, 0.2) is 0 Å².